The van der Waals surface area contributed by atoms with Crippen molar-refractivity contribution >= 4 is 18.1 Å². The predicted molar refractivity (Wildman–Crippen MR) is 77.6 cm³/mol. The highest BCUT2D eigenvalue weighted by atomic mass is 16.5. The number of para-hydroxylation sites is 1. The first-order valence-corrected chi connectivity index (χ1v) is 6.16. The Kier molecular flexibility index (Phi) is 4.15. The van der Waals surface area contributed by atoms with Crippen molar-refractivity contribution in [3.8, 4) is 11.1 Å². The van der Waals surface area contributed by atoms with E-state index < -0.39 is 0 Å². The van der Waals surface area contributed by atoms with Crippen LogP contribution in [-0.2, 0) is 9.53 Å². The molecule has 0 saturated carbocycles. The number of amides is 1. The van der Waals surface area contributed by atoms with E-state index in [2.05, 4.69) is 10.1 Å². The molecule has 0 fully saturated rings. The van der Waals surface area contributed by atoms with Crippen molar-refractivity contribution in [1.29, 1.82) is 0 Å². The topological polar surface area (TPSA) is 55.4 Å². The third-order valence-electron chi connectivity index (χ3n) is 3.09. The highest BCUT2D eigenvalue weighted by Gasteiger charge is 2.09. The molecular formula is C16H15NO3. The van der Waals surface area contributed by atoms with Gasteiger partial charge in [0, 0.05) is 5.56 Å². The molecule has 0 saturated heterocycles. The second-order valence-corrected chi connectivity index (χ2v) is 4.33. The van der Waals surface area contributed by atoms with E-state index in [0.29, 0.717) is 12.0 Å². The van der Waals surface area contributed by atoms with Gasteiger partial charge in [-0.25, -0.2) is 4.79 Å². The van der Waals surface area contributed by atoms with Gasteiger partial charge < -0.3 is 10.1 Å². The fourth-order valence-electron chi connectivity index (χ4n) is 2.06. The fraction of sp³-hybridized carbons (Fsp3) is 0.125. The molecule has 0 atom stereocenters. The largest absolute Gasteiger partial charge is 0.465 e. The van der Waals surface area contributed by atoms with Crippen LogP contribution < -0.4 is 5.32 Å². The van der Waals surface area contributed by atoms with Crippen LogP contribution in [0.5, 0.6) is 0 Å². The first-order valence-electron chi connectivity index (χ1n) is 6.16. The van der Waals surface area contributed by atoms with E-state index in [4.69, 9.17) is 0 Å². The number of carbonyl (C=O) groups is 2. The maximum atomic E-state index is 11.4. The Balaban J connectivity index is 2.44. The molecule has 20 heavy (non-hydrogen) atoms. The van der Waals surface area contributed by atoms with Gasteiger partial charge in [-0.2, -0.15) is 0 Å². The fourth-order valence-corrected chi connectivity index (χ4v) is 2.06. The Labute approximate surface area is 117 Å². The summed E-state index contributed by atoms with van der Waals surface area (Å²) < 4.78 is 4.67. The van der Waals surface area contributed by atoms with Gasteiger partial charge in [-0.1, -0.05) is 30.3 Å². The van der Waals surface area contributed by atoms with Crippen LogP contribution in [0.4, 0.5) is 5.69 Å². The van der Waals surface area contributed by atoms with Crippen LogP contribution in [0, 0.1) is 6.92 Å². The zero-order valence-electron chi connectivity index (χ0n) is 11.3. The third-order valence-corrected chi connectivity index (χ3v) is 3.09. The molecule has 2 aromatic rings. The summed E-state index contributed by atoms with van der Waals surface area (Å²) in [4.78, 5) is 22.1. The third kappa shape index (κ3) is 2.69. The molecule has 0 heterocycles. The van der Waals surface area contributed by atoms with Gasteiger partial charge in [-0.05, 0) is 30.2 Å². The molecule has 0 aliphatic carbocycles. The molecule has 2 aromatic carbocycles. The number of carbonyl (C=O) groups excluding carboxylic acids is 2. The number of rotatable bonds is 4. The Morgan fingerprint density at radius 3 is 2.45 bits per heavy atom. The summed E-state index contributed by atoms with van der Waals surface area (Å²) in [5.41, 5.74) is 4.08. The summed E-state index contributed by atoms with van der Waals surface area (Å²) in [6.07, 6.45) is 0.661. The van der Waals surface area contributed by atoms with E-state index in [1.165, 1.54) is 7.11 Å². The van der Waals surface area contributed by atoms with Crippen LogP contribution >= 0.6 is 0 Å². The lowest BCUT2D eigenvalue weighted by atomic mass is 9.99. The molecule has 0 aliphatic rings. The normalized spacial score (nSPS) is 9.90. The number of hydrogen-bond donors (Lipinski definition) is 1. The van der Waals surface area contributed by atoms with Crippen LogP contribution in [0.1, 0.15) is 15.9 Å². The molecule has 2 rings (SSSR count). The summed E-state index contributed by atoms with van der Waals surface area (Å²) in [6.45, 7) is 1.93. The molecule has 1 N–H and O–H groups in total. The van der Waals surface area contributed by atoms with E-state index in [-0.39, 0.29) is 5.97 Å². The van der Waals surface area contributed by atoms with E-state index in [0.717, 1.165) is 22.4 Å². The van der Waals surface area contributed by atoms with Crippen molar-refractivity contribution in [3.05, 3.63) is 53.6 Å². The minimum atomic E-state index is -0.368. The number of benzene rings is 2. The zero-order valence-corrected chi connectivity index (χ0v) is 11.3. The van der Waals surface area contributed by atoms with E-state index in [1.807, 2.05) is 37.3 Å². The zero-order chi connectivity index (χ0) is 14.5. The lowest BCUT2D eigenvalue weighted by Gasteiger charge is -2.11. The second-order valence-electron chi connectivity index (χ2n) is 4.33. The van der Waals surface area contributed by atoms with Gasteiger partial charge >= 0.3 is 5.97 Å². The van der Waals surface area contributed by atoms with Crippen molar-refractivity contribution in [2.24, 2.45) is 0 Å². The number of methoxy groups -OCH3 is 1. The van der Waals surface area contributed by atoms with Gasteiger partial charge in [0.15, 0.2) is 0 Å². The smallest absolute Gasteiger partial charge is 0.337 e. The summed E-state index contributed by atoms with van der Waals surface area (Å²) >= 11 is 0. The molecule has 4 heteroatoms. The molecule has 0 aliphatic heterocycles. The first-order chi connectivity index (χ1) is 9.67. The molecule has 0 aromatic heterocycles. The molecule has 4 nitrogen and oxygen atoms in total. The predicted octanol–water partition coefficient (Wildman–Crippen LogP) is 3.02. The molecule has 0 radical (unpaired) electrons. The highest BCUT2D eigenvalue weighted by molar-refractivity contribution is 5.91. The van der Waals surface area contributed by atoms with E-state index in [9.17, 15) is 9.59 Å². The number of nitrogens with one attached hydrogen (secondary N) is 1. The summed E-state index contributed by atoms with van der Waals surface area (Å²) in [5.74, 6) is -0.368. The minimum Gasteiger partial charge on any atom is -0.465 e. The molecule has 0 spiro atoms. The summed E-state index contributed by atoms with van der Waals surface area (Å²) in [5, 5.41) is 2.72. The van der Waals surface area contributed by atoms with Crippen LogP contribution in [0.3, 0.4) is 0 Å². The van der Waals surface area contributed by atoms with Gasteiger partial charge in [0.2, 0.25) is 6.41 Å². The molecule has 102 valence electrons. The van der Waals surface area contributed by atoms with E-state index in [1.54, 1.807) is 12.1 Å². The maximum Gasteiger partial charge on any atom is 0.337 e. The van der Waals surface area contributed by atoms with Gasteiger partial charge in [0.1, 0.15) is 0 Å². The number of ether oxygens (including phenoxy) is 1. The van der Waals surface area contributed by atoms with Crippen LogP contribution in [-0.4, -0.2) is 19.5 Å². The number of aryl methyl sites for hydroxylation is 1. The summed E-state index contributed by atoms with van der Waals surface area (Å²) in [6, 6.07) is 12.8. The van der Waals surface area contributed by atoms with Gasteiger partial charge in [-0.3, -0.25) is 4.79 Å². The monoisotopic (exact) mass is 269 g/mol. The lowest BCUT2D eigenvalue weighted by molar-refractivity contribution is -0.105. The number of hydrogen-bond acceptors (Lipinski definition) is 3. The Morgan fingerprint density at radius 1 is 1.15 bits per heavy atom. The SMILES string of the molecule is COC(=O)c1ccc(-c2cccc(C)c2NC=O)cc1. The first kappa shape index (κ1) is 13.8. The molecule has 0 unspecified atom stereocenters. The highest BCUT2D eigenvalue weighted by Crippen LogP contribution is 2.30. The van der Waals surface area contributed by atoms with Gasteiger partial charge in [0.05, 0.1) is 18.4 Å². The quantitative estimate of drug-likeness (QED) is 0.685. The van der Waals surface area contributed by atoms with E-state index >= 15 is 0 Å². The van der Waals surface area contributed by atoms with Crippen LogP contribution in [0.2, 0.25) is 0 Å². The average molecular weight is 269 g/mol. The standard InChI is InChI=1S/C16H15NO3/c1-11-4-3-5-14(15(11)17-10-18)12-6-8-13(9-7-12)16(19)20-2/h3-10H,1-2H3,(H,17,18). The van der Waals surface area contributed by atoms with Crippen LogP contribution in [0.25, 0.3) is 11.1 Å². The summed E-state index contributed by atoms with van der Waals surface area (Å²) in [7, 11) is 1.35. The number of esters is 1. The van der Waals surface area contributed by atoms with Gasteiger partial charge in [0.25, 0.3) is 0 Å². The molecular weight excluding hydrogens is 254 g/mol. The van der Waals surface area contributed by atoms with Crippen molar-refractivity contribution in [2.75, 3.05) is 12.4 Å². The minimum absolute atomic E-state index is 0.368. The van der Waals surface area contributed by atoms with Crippen molar-refractivity contribution in [2.45, 2.75) is 6.92 Å². The Bertz CT molecular complexity index is 633. The molecule has 0 bridgehead atoms. The van der Waals surface area contributed by atoms with Crippen LogP contribution in [0.15, 0.2) is 42.5 Å². The lowest BCUT2D eigenvalue weighted by Crippen LogP contribution is -2.01. The van der Waals surface area contributed by atoms with Crippen molar-refractivity contribution in [1.82, 2.24) is 0 Å². The van der Waals surface area contributed by atoms with Gasteiger partial charge in [-0.15, -0.1) is 0 Å². The second kappa shape index (κ2) is 6.02. The Hall–Kier alpha value is -2.62. The molecule has 1 amide bonds. The number of anilines is 1. The van der Waals surface area contributed by atoms with Crippen molar-refractivity contribution < 1.29 is 14.3 Å². The van der Waals surface area contributed by atoms with Crippen molar-refractivity contribution in [3.63, 3.8) is 0 Å². The maximum absolute atomic E-state index is 11.4. The average Bonchev–Trinajstić information content (AvgIpc) is 2.49. The Morgan fingerprint density at radius 2 is 1.85 bits per heavy atom.